The van der Waals surface area contributed by atoms with Crippen LogP contribution in [-0.2, 0) is 0 Å². The zero-order valence-electron chi connectivity index (χ0n) is 9.96. The predicted molar refractivity (Wildman–Crippen MR) is 82.2 cm³/mol. The van der Waals surface area contributed by atoms with Crippen LogP contribution in [0.2, 0.25) is 0 Å². The minimum Gasteiger partial charge on any atom is -0.249 e. The first-order valence-corrected chi connectivity index (χ1v) is 7.79. The molecule has 0 atom stereocenters. The molecule has 0 radical (unpaired) electrons. The topological polar surface area (TPSA) is 24.7 Å². The number of fused-ring (bicyclic) bond motifs is 1. The molecule has 0 amide bonds. The van der Waals surface area contributed by atoms with Gasteiger partial charge in [0.1, 0.15) is 0 Å². The van der Waals surface area contributed by atoms with Gasteiger partial charge in [0.15, 0.2) is 0 Å². The molecule has 0 bridgehead atoms. The highest BCUT2D eigenvalue weighted by molar-refractivity contribution is 8.13. The summed E-state index contributed by atoms with van der Waals surface area (Å²) in [5.41, 5.74) is 3.04. The normalized spacial score (nSPS) is 14.5. The summed E-state index contributed by atoms with van der Waals surface area (Å²) in [4.78, 5) is 10.7. The average Bonchev–Trinajstić information content (AvgIpc) is 2.86. The van der Waals surface area contributed by atoms with Gasteiger partial charge in [0.05, 0.1) is 22.1 Å². The van der Waals surface area contributed by atoms with Gasteiger partial charge < -0.3 is 0 Å². The molecular weight excluding hydrogens is 260 g/mol. The van der Waals surface area contributed by atoms with E-state index in [-0.39, 0.29) is 0 Å². The van der Waals surface area contributed by atoms with Crippen molar-refractivity contribution in [1.29, 1.82) is 0 Å². The van der Waals surface area contributed by atoms with Crippen molar-refractivity contribution >= 4 is 45.2 Å². The number of thiophene rings is 1. The molecule has 0 spiro atoms. The monoisotopic (exact) mass is 272 g/mol. The number of para-hydroxylation sites is 2. The molecule has 0 N–H and O–H groups in total. The van der Waals surface area contributed by atoms with E-state index in [1.54, 1.807) is 23.1 Å². The molecule has 1 aromatic carbocycles. The Kier molecular flexibility index (Phi) is 3.30. The van der Waals surface area contributed by atoms with Crippen molar-refractivity contribution in [2.24, 2.45) is 9.98 Å². The molecule has 3 rings (SSSR count). The van der Waals surface area contributed by atoms with Crippen LogP contribution in [0.1, 0.15) is 11.3 Å². The van der Waals surface area contributed by atoms with E-state index in [2.05, 4.69) is 28.8 Å². The molecule has 90 valence electrons. The van der Waals surface area contributed by atoms with E-state index in [1.807, 2.05) is 24.3 Å². The lowest BCUT2D eigenvalue weighted by molar-refractivity contribution is 1.47. The van der Waals surface area contributed by atoms with E-state index < -0.39 is 0 Å². The largest absolute Gasteiger partial charge is 0.249 e. The lowest BCUT2D eigenvalue weighted by Gasteiger charge is -2.02. The van der Waals surface area contributed by atoms with Gasteiger partial charge in [-0.2, -0.15) is 0 Å². The van der Waals surface area contributed by atoms with Crippen molar-refractivity contribution in [1.82, 2.24) is 0 Å². The Bertz CT molecular complexity index is 612. The Labute approximate surface area is 114 Å². The SMILES string of the molecule is CSC1=Nc2ccccc2N=C(c2cccs2)C1. The van der Waals surface area contributed by atoms with Gasteiger partial charge >= 0.3 is 0 Å². The summed E-state index contributed by atoms with van der Waals surface area (Å²) in [6.45, 7) is 0. The van der Waals surface area contributed by atoms with E-state index in [0.717, 1.165) is 28.6 Å². The standard InChI is InChI=1S/C14H12N2S2/c1-17-14-9-12(13-7-4-8-18-13)15-10-5-2-3-6-11(10)16-14/h2-8H,9H2,1H3. The molecule has 1 aliphatic rings. The number of thioether (sulfide) groups is 1. The number of benzene rings is 1. The minimum atomic E-state index is 0.816. The Hall–Kier alpha value is -1.39. The second-order valence-corrected chi connectivity index (χ2v) is 5.74. The summed E-state index contributed by atoms with van der Waals surface area (Å²) >= 11 is 3.43. The van der Waals surface area contributed by atoms with Crippen LogP contribution in [-0.4, -0.2) is 17.0 Å². The number of hydrogen-bond donors (Lipinski definition) is 0. The maximum Gasteiger partial charge on any atom is 0.0896 e. The Morgan fingerprint density at radius 2 is 1.83 bits per heavy atom. The molecule has 1 aromatic heterocycles. The third kappa shape index (κ3) is 2.26. The van der Waals surface area contributed by atoms with Gasteiger partial charge in [0.2, 0.25) is 0 Å². The Morgan fingerprint density at radius 3 is 2.50 bits per heavy atom. The van der Waals surface area contributed by atoms with Crippen LogP contribution < -0.4 is 0 Å². The van der Waals surface area contributed by atoms with Crippen LogP contribution in [0.25, 0.3) is 0 Å². The third-order valence-corrected chi connectivity index (χ3v) is 4.37. The molecule has 18 heavy (non-hydrogen) atoms. The first kappa shape index (κ1) is 11.7. The fourth-order valence-corrected chi connectivity index (χ4v) is 3.04. The van der Waals surface area contributed by atoms with Crippen molar-refractivity contribution in [2.75, 3.05) is 6.26 Å². The van der Waals surface area contributed by atoms with Crippen LogP contribution in [0.4, 0.5) is 11.4 Å². The summed E-state index contributed by atoms with van der Waals surface area (Å²) in [5.74, 6) is 0. The van der Waals surface area contributed by atoms with Gasteiger partial charge in [-0.3, -0.25) is 0 Å². The Balaban J connectivity index is 2.13. The minimum absolute atomic E-state index is 0.816. The van der Waals surface area contributed by atoms with Crippen molar-refractivity contribution < 1.29 is 0 Å². The first-order chi connectivity index (χ1) is 8.86. The number of aliphatic imine (C=N–C) groups is 2. The van der Waals surface area contributed by atoms with Crippen LogP contribution in [0.3, 0.4) is 0 Å². The molecule has 1 aliphatic heterocycles. The van der Waals surface area contributed by atoms with Crippen molar-refractivity contribution in [3.8, 4) is 0 Å². The van der Waals surface area contributed by atoms with Crippen molar-refractivity contribution in [3.63, 3.8) is 0 Å². The van der Waals surface area contributed by atoms with E-state index in [0.29, 0.717) is 0 Å². The van der Waals surface area contributed by atoms with Crippen LogP contribution in [0, 0.1) is 0 Å². The van der Waals surface area contributed by atoms with E-state index in [9.17, 15) is 0 Å². The molecule has 0 unspecified atom stereocenters. The molecule has 2 aromatic rings. The fraction of sp³-hybridized carbons (Fsp3) is 0.143. The third-order valence-electron chi connectivity index (χ3n) is 2.74. The zero-order chi connectivity index (χ0) is 12.4. The molecular formula is C14H12N2S2. The summed E-state index contributed by atoms with van der Waals surface area (Å²) in [6, 6.07) is 12.2. The van der Waals surface area contributed by atoms with Crippen molar-refractivity contribution in [3.05, 3.63) is 46.7 Å². The van der Waals surface area contributed by atoms with Crippen molar-refractivity contribution in [2.45, 2.75) is 6.42 Å². The van der Waals surface area contributed by atoms with E-state index in [1.165, 1.54) is 4.88 Å². The molecule has 2 nitrogen and oxygen atoms in total. The van der Waals surface area contributed by atoms with Gasteiger partial charge in [-0.1, -0.05) is 18.2 Å². The highest BCUT2D eigenvalue weighted by atomic mass is 32.2. The number of rotatable bonds is 1. The molecule has 0 fully saturated rings. The number of nitrogens with zero attached hydrogens (tertiary/aromatic N) is 2. The highest BCUT2D eigenvalue weighted by Gasteiger charge is 2.14. The van der Waals surface area contributed by atoms with Crippen LogP contribution in [0.15, 0.2) is 51.8 Å². The van der Waals surface area contributed by atoms with Gasteiger partial charge in [-0.05, 0) is 29.8 Å². The summed E-state index contributed by atoms with van der Waals surface area (Å²) in [5, 5.41) is 3.21. The molecule has 4 heteroatoms. The lowest BCUT2D eigenvalue weighted by Crippen LogP contribution is -2.03. The molecule has 0 saturated carbocycles. The smallest absolute Gasteiger partial charge is 0.0896 e. The van der Waals surface area contributed by atoms with Gasteiger partial charge in [-0.25, -0.2) is 9.98 Å². The van der Waals surface area contributed by atoms with E-state index in [4.69, 9.17) is 4.99 Å². The lowest BCUT2D eigenvalue weighted by atomic mass is 10.2. The maximum atomic E-state index is 4.78. The summed E-state index contributed by atoms with van der Waals surface area (Å²) in [6.07, 6.45) is 2.88. The average molecular weight is 272 g/mol. The predicted octanol–water partition coefficient (Wildman–Crippen LogP) is 4.67. The second kappa shape index (κ2) is 5.08. The zero-order valence-corrected chi connectivity index (χ0v) is 11.6. The van der Waals surface area contributed by atoms with Gasteiger partial charge in [0, 0.05) is 11.3 Å². The molecule has 0 aliphatic carbocycles. The first-order valence-electron chi connectivity index (χ1n) is 5.69. The molecule has 2 heterocycles. The molecule has 0 saturated heterocycles. The van der Waals surface area contributed by atoms with Crippen LogP contribution >= 0.6 is 23.1 Å². The fourth-order valence-electron chi connectivity index (χ4n) is 1.86. The Morgan fingerprint density at radius 1 is 1.06 bits per heavy atom. The number of hydrogen-bond acceptors (Lipinski definition) is 4. The quantitative estimate of drug-likeness (QED) is 0.740. The maximum absolute atomic E-state index is 4.78. The highest BCUT2D eigenvalue weighted by Crippen LogP contribution is 2.33. The van der Waals surface area contributed by atoms with Gasteiger partial charge in [0.25, 0.3) is 0 Å². The second-order valence-electron chi connectivity index (χ2n) is 3.91. The van der Waals surface area contributed by atoms with Crippen LogP contribution in [0.5, 0.6) is 0 Å². The summed E-state index contributed by atoms with van der Waals surface area (Å²) < 4.78 is 0. The van der Waals surface area contributed by atoms with Gasteiger partial charge in [-0.15, -0.1) is 23.1 Å². The van der Waals surface area contributed by atoms with E-state index >= 15 is 0 Å². The summed E-state index contributed by atoms with van der Waals surface area (Å²) in [7, 11) is 0.